The lowest BCUT2D eigenvalue weighted by Crippen LogP contribution is -2.44. The minimum Gasteiger partial charge on any atom is -0.497 e. The molecule has 190 valence electrons. The lowest BCUT2D eigenvalue weighted by molar-refractivity contribution is -0.139. The van der Waals surface area contributed by atoms with Gasteiger partial charge in [0.1, 0.15) is 18.3 Å². The number of aromatic nitrogens is 4. The number of benzene rings is 2. The van der Waals surface area contributed by atoms with Crippen LogP contribution in [0.4, 0.5) is 4.79 Å². The third kappa shape index (κ3) is 7.92. The van der Waals surface area contributed by atoms with Crippen molar-refractivity contribution in [3.63, 3.8) is 0 Å². The van der Waals surface area contributed by atoms with Gasteiger partial charge in [0, 0.05) is 22.9 Å². The van der Waals surface area contributed by atoms with E-state index in [-0.39, 0.29) is 18.9 Å². The maximum Gasteiger partial charge on any atom is 0.407 e. The minimum absolute atomic E-state index is 0.0325. The fourth-order valence-electron chi connectivity index (χ4n) is 3.18. The molecule has 0 aliphatic rings. The Bertz CT molecular complexity index is 1200. The molecular weight excluding hydrogens is 513 g/mol. The number of hydrogen-bond acceptors (Lipinski definition) is 8. The second-order valence-corrected chi connectivity index (χ2v) is 8.42. The van der Waals surface area contributed by atoms with Gasteiger partial charge in [-0.3, -0.25) is 9.59 Å². The number of rotatable bonds is 12. The predicted octanol–water partition coefficient (Wildman–Crippen LogP) is 2.96. The van der Waals surface area contributed by atoms with Gasteiger partial charge in [0.15, 0.2) is 11.6 Å². The van der Waals surface area contributed by atoms with Crippen LogP contribution < -0.4 is 10.1 Å². The van der Waals surface area contributed by atoms with Gasteiger partial charge in [0.05, 0.1) is 20.1 Å². The van der Waals surface area contributed by atoms with Crippen LogP contribution in [0.2, 0.25) is 10.0 Å². The van der Waals surface area contributed by atoms with Gasteiger partial charge >= 0.3 is 12.1 Å². The summed E-state index contributed by atoms with van der Waals surface area (Å²) >= 11 is 12.3. The van der Waals surface area contributed by atoms with Crippen LogP contribution in [0.3, 0.4) is 0 Å². The van der Waals surface area contributed by atoms with Crippen molar-refractivity contribution in [2.24, 2.45) is 0 Å². The number of ether oxygens (including phenoxy) is 2. The number of amides is 1. The summed E-state index contributed by atoms with van der Waals surface area (Å²) in [4.78, 5) is 37.1. The van der Waals surface area contributed by atoms with E-state index in [4.69, 9.17) is 37.8 Å². The third-order valence-corrected chi connectivity index (χ3v) is 5.74. The number of tetrazole rings is 1. The summed E-state index contributed by atoms with van der Waals surface area (Å²) in [6.07, 6.45) is -0.938. The average Bonchev–Trinajstić information content (AvgIpc) is 3.28. The molecule has 1 amide bonds. The summed E-state index contributed by atoms with van der Waals surface area (Å²) in [5, 5.41) is 24.2. The predicted molar refractivity (Wildman–Crippen MR) is 129 cm³/mol. The van der Waals surface area contributed by atoms with E-state index in [1.807, 2.05) is 12.1 Å². The van der Waals surface area contributed by atoms with Crippen LogP contribution in [0.1, 0.15) is 23.4 Å². The molecule has 3 aromatic rings. The molecule has 0 aliphatic carbocycles. The van der Waals surface area contributed by atoms with Gasteiger partial charge in [-0.25, -0.2) is 4.79 Å². The zero-order chi connectivity index (χ0) is 26.1. The molecule has 0 saturated heterocycles. The zero-order valence-electron chi connectivity index (χ0n) is 19.2. The number of halogens is 2. The molecule has 1 heterocycles. The normalized spacial score (nSPS) is 11.5. The summed E-state index contributed by atoms with van der Waals surface area (Å²) in [6, 6.07) is 10.9. The highest BCUT2D eigenvalue weighted by molar-refractivity contribution is 6.36. The Balaban J connectivity index is 1.54. The molecular formula is C23H23Cl2N5O6. The van der Waals surface area contributed by atoms with Crippen molar-refractivity contribution in [2.75, 3.05) is 13.7 Å². The highest BCUT2D eigenvalue weighted by Gasteiger charge is 2.25. The smallest absolute Gasteiger partial charge is 0.407 e. The summed E-state index contributed by atoms with van der Waals surface area (Å²) in [5.41, 5.74) is 1.52. The Labute approximate surface area is 216 Å². The molecule has 13 heteroatoms. The van der Waals surface area contributed by atoms with Gasteiger partial charge in [-0.05, 0) is 40.6 Å². The second kappa shape index (κ2) is 12.8. The lowest BCUT2D eigenvalue weighted by Gasteiger charge is -2.15. The van der Waals surface area contributed by atoms with Crippen molar-refractivity contribution in [1.82, 2.24) is 25.5 Å². The monoisotopic (exact) mass is 535 g/mol. The molecule has 2 aromatic carbocycles. The van der Waals surface area contributed by atoms with E-state index in [1.54, 1.807) is 37.4 Å². The Morgan fingerprint density at radius 2 is 1.81 bits per heavy atom. The van der Waals surface area contributed by atoms with Crippen molar-refractivity contribution in [3.05, 3.63) is 69.5 Å². The van der Waals surface area contributed by atoms with Crippen LogP contribution in [0.5, 0.6) is 5.75 Å². The van der Waals surface area contributed by atoms with E-state index in [0.717, 1.165) is 10.4 Å². The molecule has 0 bridgehead atoms. The van der Waals surface area contributed by atoms with Crippen LogP contribution in [0.15, 0.2) is 42.5 Å². The molecule has 1 atom stereocenters. The van der Waals surface area contributed by atoms with Crippen LogP contribution in [-0.2, 0) is 33.7 Å². The Kier molecular flexibility index (Phi) is 9.60. The number of carboxylic acids is 1. The number of alkyl carbamates (subject to hydrolysis) is 1. The van der Waals surface area contributed by atoms with Crippen molar-refractivity contribution in [3.8, 4) is 5.75 Å². The molecule has 0 saturated carbocycles. The number of aliphatic carboxylic acids is 1. The Hall–Kier alpha value is -3.70. The van der Waals surface area contributed by atoms with Gasteiger partial charge in [-0.2, -0.15) is 4.80 Å². The number of nitrogens with one attached hydrogen (secondary N) is 1. The molecule has 0 radical (unpaired) electrons. The van der Waals surface area contributed by atoms with Crippen molar-refractivity contribution >= 4 is 41.0 Å². The molecule has 0 fully saturated rings. The number of carbonyl (C=O) groups is 3. The highest BCUT2D eigenvalue weighted by atomic mass is 35.5. The van der Waals surface area contributed by atoms with Crippen molar-refractivity contribution in [1.29, 1.82) is 0 Å². The van der Waals surface area contributed by atoms with Crippen LogP contribution in [-0.4, -0.2) is 62.9 Å². The topological polar surface area (TPSA) is 146 Å². The first-order chi connectivity index (χ1) is 17.2. The number of ketones is 1. The zero-order valence-corrected chi connectivity index (χ0v) is 20.7. The second-order valence-electron chi connectivity index (χ2n) is 7.61. The molecule has 3 rings (SSSR count). The first-order valence-corrected chi connectivity index (χ1v) is 11.5. The summed E-state index contributed by atoms with van der Waals surface area (Å²) in [5.74, 6) is -0.940. The molecule has 11 nitrogen and oxygen atoms in total. The lowest BCUT2D eigenvalue weighted by atomic mass is 10.1. The molecule has 0 spiro atoms. The van der Waals surface area contributed by atoms with Gasteiger partial charge in [-0.15, -0.1) is 10.2 Å². The van der Waals surface area contributed by atoms with Gasteiger partial charge < -0.3 is 19.9 Å². The molecule has 1 unspecified atom stereocenters. The Morgan fingerprint density at radius 3 is 2.44 bits per heavy atom. The maximum absolute atomic E-state index is 12.7. The molecule has 1 aromatic heterocycles. The first kappa shape index (κ1) is 26.9. The standard InChI is InChI=1S/C23H23Cl2N5O6/c1-35-15-7-5-14(6-8-15)9-10-36-23(34)26-19(12-22(32)33)20(31)13-30-28-21(27-29-30)11-16-17(24)3-2-4-18(16)25/h2-8,19H,9-13H2,1H3,(H,26,34)(H,32,33). The van der Waals surface area contributed by atoms with E-state index in [9.17, 15) is 14.4 Å². The fourth-order valence-corrected chi connectivity index (χ4v) is 3.71. The number of hydrogen-bond donors (Lipinski definition) is 2. The van der Waals surface area contributed by atoms with E-state index >= 15 is 0 Å². The number of nitrogens with zero attached hydrogens (tertiary/aromatic N) is 4. The minimum atomic E-state index is -1.34. The van der Waals surface area contributed by atoms with Gasteiger partial charge in [0.2, 0.25) is 0 Å². The average molecular weight is 536 g/mol. The van der Waals surface area contributed by atoms with Crippen molar-refractivity contribution < 1.29 is 29.0 Å². The third-order valence-electron chi connectivity index (χ3n) is 5.03. The largest absolute Gasteiger partial charge is 0.497 e. The molecule has 2 N–H and O–H groups in total. The summed E-state index contributed by atoms with van der Waals surface area (Å²) in [6.45, 7) is -0.377. The maximum atomic E-state index is 12.7. The quantitative estimate of drug-likeness (QED) is 0.357. The highest BCUT2D eigenvalue weighted by Crippen LogP contribution is 2.25. The van der Waals surface area contributed by atoms with Crippen LogP contribution >= 0.6 is 23.2 Å². The van der Waals surface area contributed by atoms with Crippen LogP contribution in [0.25, 0.3) is 0 Å². The number of carbonyl (C=O) groups excluding carboxylic acids is 2. The van der Waals surface area contributed by atoms with Crippen molar-refractivity contribution in [2.45, 2.75) is 31.8 Å². The van der Waals surface area contributed by atoms with E-state index < -0.39 is 36.9 Å². The molecule has 0 aliphatic heterocycles. The Morgan fingerprint density at radius 1 is 1.11 bits per heavy atom. The summed E-state index contributed by atoms with van der Waals surface area (Å²) < 4.78 is 10.2. The molecule has 36 heavy (non-hydrogen) atoms. The first-order valence-electron chi connectivity index (χ1n) is 10.8. The van der Waals surface area contributed by atoms with Crippen LogP contribution in [0, 0.1) is 0 Å². The SMILES string of the molecule is COc1ccc(CCOC(=O)NC(CC(=O)O)C(=O)Cn2nnc(Cc3c(Cl)cccc3Cl)n2)cc1. The fraction of sp³-hybridized carbons (Fsp3) is 0.304. The number of Topliss-reactive ketones (excluding diaryl/α,β-unsaturated/α-hetero) is 1. The number of carboxylic acid groups (broad SMARTS) is 1. The van der Waals surface area contributed by atoms with Gasteiger partial charge in [0.25, 0.3) is 0 Å². The van der Waals surface area contributed by atoms with E-state index in [2.05, 4.69) is 20.7 Å². The number of methoxy groups -OCH3 is 1. The van der Waals surface area contributed by atoms with E-state index in [1.165, 1.54) is 0 Å². The summed E-state index contributed by atoms with van der Waals surface area (Å²) in [7, 11) is 1.56. The van der Waals surface area contributed by atoms with E-state index in [0.29, 0.717) is 27.8 Å². The van der Waals surface area contributed by atoms with Gasteiger partial charge in [-0.1, -0.05) is 41.4 Å².